The maximum atomic E-state index is 12.5. The summed E-state index contributed by atoms with van der Waals surface area (Å²) < 4.78 is 28.4. The Morgan fingerprint density at radius 1 is 1.12 bits per heavy atom. The normalized spacial score (nSPS) is 17.3. The van der Waals surface area contributed by atoms with Crippen molar-refractivity contribution in [2.75, 3.05) is 27.2 Å². The summed E-state index contributed by atoms with van der Waals surface area (Å²) >= 11 is 0. The van der Waals surface area contributed by atoms with Crippen LogP contribution in [0.25, 0.3) is 11.0 Å². The molecule has 0 spiro atoms. The lowest BCUT2D eigenvalue weighted by molar-refractivity contribution is 0.0558. The molecule has 0 radical (unpaired) electrons. The first-order valence-corrected chi connectivity index (χ1v) is 12.6. The van der Waals surface area contributed by atoms with Crippen LogP contribution in [0.2, 0.25) is 0 Å². The molecule has 1 aliphatic rings. The molecule has 1 aliphatic heterocycles. The van der Waals surface area contributed by atoms with E-state index in [-0.39, 0.29) is 10.8 Å². The average Bonchev–Trinajstić information content (AvgIpc) is 3.15. The Morgan fingerprint density at radius 2 is 1.81 bits per heavy atom. The molecule has 0 aliphatic carbocycles. The van der Waals surface area contributed by atoms with Gasteiger partial charge in [0.25, 0.3) is 0 Å². The van der Waals surface area contributed by atoms with E-state index in [0.29, 0.717) is 12.1 Å². The van der Waals surface area contributed by atoms with Gasteiger partial charge in [-0.1, -0.05) is 30.3 Å². The van der Waals surface area contributed by atoms with Crippen molar-refractivity contribution < 1.29 is 13.5 Å². The van der Waals surface area contributed by atoms with Crippen LogP contribution in [0, 0.1) is 5.92 Å². The second-order valence-corrected chi connectivity index (χ2v) is 10.8. The number of imidazole rings is 1. The van der Waals surface area contributed by atoms with E-state index < -0.39 is 16.1 Å². The maximum Gasteiger partial charge on any atom is 0.242 e. The van der Waals surface area contributed by atoms with E-state index in [2.05, 4.69) is 16.4 Å². The summed E-state index contributed by atoms with van der Waals surface area (Å²) in [4.78, 5) is 7.44. The molecule has 4 rings (SSSR count). The summed E-state index contributed by atoms with van der Waals surface area (Å²) in [7, 11) is -0.422. The molecular formula is C24H32N4O3S. The van der Waals surface area contributed by atoms with Crippen LogP contribution < -0.4 is 0 Å². The van der Waals surface area contributed by atoms with Crippen molar-refractivity contribution in [3.05, 3.63) is 59.9 Å². The van der Waals surface area contributed by atoms with Gasteiger partial charge in [0.1, 0.15) is 5.82 Å². The molecule has 1 unspecified atom stereocenters. The number of rotatable bonds is 7. The number of aryl methyl sites for hydroxylation is 1. The molecule has 0 bridgehead atoms. The SMILES string of the molecule is CCn1c(CN2CCC(C(O)c3ccccc3)CC2)nc2cc(S(=O)(=O)N(C)C)ccc21. The minimum Gasteiger partial charge on any atom is -0.388 e. The number of hydrogen-bond donors (Lipinski definition) is 1. The van der Waals surface area contributed by atoms with E-state index in [9.17, 15) is 13.5 Å². The number of fused-ring (bicyclic) bond motifs is 1. The predicted octanol–water partition coefficient (Wildman–Crippen LogP) is 3.25. The maximum absolute atomic E-state index is 12.5. The quantitative estimate of drug-likeness (QED) is 0.590. The minimum atomic E-state index is -3.49. The van der Waals surface area contributed by atoms with E-state index in [4.69, 9.17) is 4.98 Å². The Kier molecular flexibility index (Phi) is 6.67. The summed E-state index contributed by atoms with van der Waals surface area (Å²) in [5.41, 5.74) is 2.65. The van der Waals surface area contributed by atoms with Crippen molar-refractivity contribution in [3.63, 3.8) is 0 Å². The zero-order valence-electron chi connectivity index (χ0n) is 19.0. The zero-order chi connectivity index (χ0) is 22.9. The fourth-order valence-corrected chi connectivity index (χ4v) is 5.48. The van der Waals surface area contributed by atoms with Gasteiger partial charge in [0.05, 0.1) is 28.6 Å². The van der Waals surface area contributed by atoms with Crippen LogP contribution in [0.3, 0.4) is 0 Å². The van der Waals surface area contributed by atoms with Crippen LogP contribution in [-0.2, 0) is 23.1 Å². The number of aliphatic hydroxyl groups is 1. The van der Waals surface area contributed by atoms with Crippen LogP contribution in [0.15, 0.2) is 53.4 Å². The molecule has 1 aromatic heterocycles. The topological polar surface area (TPSA) is 78.7 Å². The smallest absolute Gasteiger partial charge is 0.242 e. The number of piperidine rings is 1. The molecule has 3 aromatic rings. The second-order valence-electron chi connectivity index (χ2n) is 8.68. The first-order chi connectivity index (χ1) is 15.3. The summed E-state index contributed by atoms with van der Waals surface area (Å²) in [5, 5.41) is 10.7. The molecule has 0 amide bonds. The molecule has 1 fully saturated rings. The van der Waals surface area contributed by atoms with Crippen molar-refractivity contribution in [2.45, 2.75) is 43.9 Å². The lowest BCUT2D eigenvalue weighted by Crippen LogP contribution is -2.35. The fourth-order valence-electron chi connectivity index (χ4n) is 4.55. The first-order valence-electron chi connectivity index (χ1n) is 11.2. The van der Waals surface area contributed by atoms with Crippen LogP contribution in [0.1, 0.15) is 37.3 Å². The third-order valence-electron chi connectivity index (χ3n) is 6.48. The van der Waals surface area contributed by atoms with E-state index >= 15 is 0 Å². The molecule has 1 atom stereocenters. The van der Waals surface area contributed by atoms with Crippen molar-refractivity contribution in [1.29, 1.82) is 0 Å². The third-order valence-corrected chi connectivity index (χ3v) is 8.29. The number of nitrogens with zero attached hydrogens (tertiary/aromatic N) is 4. The molecular weight excluding hydrogens is 424 g/mol. The van der Waals surface area contributed by atoms with Crippen molar-refractivity contribution >= 4 is 21.1 Å². The van der Waals surface area contributed by atoms with Gasteiger partial charge in [0, 0.05) is 20.6 Å². The van der Waals surface area contributed by atoms with E-state index in [1.165, 1.54) is 18.4 Å². The highest BCUT2D eigenvalue weighted by Gasteiger charge is 2.27. The molecule has 2 heterocycles. The molecule has 32 heavy (non-hydrogen) atoms. The molecule has 8 heteroatoms. The standard InChI is InChI=1S/C24H32N4O3S/c1-4-28-22-11-10-20(32(30,31)26(2)3)16-21(22)25-23(28)17-27-14-12-19(13-15-27)24(29)18-8-6-5-7-9-18/h5-11,16,19,24,29H,4,12-15,17H2,1-3H3. The number of aromatic nitrogens is 2. The van der Waals surface area contributed by atoms with Gasteiger partial charge in [-0.25, -0.2) is 17.7 Å². The molecule has 1 saturated heterocycles. The van der Waals surface area contributed by atoms with Crippen LogP contribution in [0.5, 0.6) is 0 Å². The zero-order valence-corrected chi connectivity index (χ0v) is 19.8. The lowest BCUT2D eigenvalue weighted by Gasteiger charge is -2.34. The highest BCUT2D eigenvalue weighted by Crippen LogP contribution is 2.31. The number of likely N-dealkylation sites (tertiary alicyclic amines) is 1. The van der Waals surface area contributed by atoms with Crippen molar-refractivity contribution in [2.24, 2.45) is 5.92 Å². The Morgan fingerprint density at radius 3 is 2.44 bits per heavy atom. The van der Waals surface area contributed by atoms with E-state index in [0.717, 1.165) is 49.4 Å². The monoisotopic (exact) mass is 456 g/mol. The van der Waals surface area contributed by atoms with Gasteiger partial charge in [0.15, 0.2) is 0 Å². The summed E-state index contributed by atoms with van der Waals surface area (Å²) in [5.74, 6) is 1.21. The van der Waals surface area contributed by atoms with Crippen LogP contribution >= 0.6 is 0 Å². The first kappa shape index (κ1) is 22.9. The van der Waals surface area contributed by atoms with Gasteiger partial charge in [0.2, 0.25) is 10.0 Å². The Balaban J connectivity index is 1.48. The van der Waals surface area contributed by atoms with Crippen LogP contribution in [0.4, 0.5) is 0 Å². The minimum absolute atomic E-state index is 0.262. The van der Waals surface area contributed by atoms with Gasteiger partial charge in [-0.2, -0.15) is 0 Å². The Hall–Kier alpha value is -2.26. The van der Waals surface area contributed by atoms with Crippen molar-refractivity contribution in [3.8, 4) is 0 Å². The van der Waals surface area contributed by atoms with Gasteiger partial charge in [-0.15, -0.1) is 0 Å². The Bertz CT molecular complexity index is 1170. The number of sulfonamides is 1. The molecule has 1 N–H and O–H groups in total. The summed E-state index contributed by atoms with van der Waals surface area (Å²) in [6, 6.07) is 15.1. The molecule has 7 nitrogen and oxygen atoms in total. The summed E-state index contributed by atoms with van der Waals surface area (Å²) in [6.45, 7) is 5.38. The lowest BCUT2D eigenvalue weighted by atomic mass is 9.87. The van der Waals surface area contributed by atoms with E-state index in [1.54, 1.807) is 12.1 Å². The highest BCUT2D eigenvalue weighted by atomic mass is 32.2. The third kappa shape index (κ3) is 4.45. The van der Waals surface area contributed by atoms with Crippen molar-refractivity contribution in [1.82, 2.24) is 18.8 Å². The number of hydrogen-bond acceptors (Lipinski definition) is 5. The largest absolute Gasteiger partial charge is 0.388 e. The second kappa shape index (κ2) is 9.31. The molecule has 0 saturated carbocycles. The predicted molar refractivity (Wildman–Crippen MR) is 126 cm³/mol. The molecule has 2 aromatic carbocycles. The van der Waals surface area contributed by atoms with E-state index in [1.807, 2.05) is 36.4 Å². The Labute approximate surface area is 190 Å². The number of aliphatic hydroxyl groups excluding tert-OH is 1. The highest BCUT2D eigenvalue weighted by molar-refractivity contribution is 7.89. The van der Waals surface area contributed by atoms with Gasteiger partial charge in [-0.3, -0.25) is 4.90 Å². The van der Waals surface area contributed by atoms with Gasteiger partial charge in [-0.05, 0) is 62.5 Å². The van der Waals surface area contributed by atoms with Crippen LogP contribution in [-0.4, -0.2) is 59.5 Å². The van der Waals surface area contributed by atoms with Gasteiger partial charge >= 0.3 is 0 Å². The van der Waals surface area contributed by atoms with Gasteiger partial charge < -0.3 is 9.67 Å². The average molecular weight is 457 g/mol. The summed E-state index contributed by atoms with van der Waals surface area (Å²) in [6.07, 6.45) is 1.46. The fraction of sp³-hybridized carbons (Fsp3) is 0.458. The molecule has 172 valence electrons. The number of benzene rings is 2.